The lowest BCUT2D eigenvalue weighted by atomic mass is 9.99. The van der Waals surface area contributed by atoms with Gasteiger partial charge in [-0.3, -0.25) is 4.79 Å². The zero-order valence-corrected chi connectivity index (χ0v) is 11.1. The van der Waals surface area contributed by atoms with Gasteiger partial charge in [-0.15, -0.1) is 0 Å². The summed E-state index contributed by atoms with van der Waals surface area (Å²) in [6.07, 6.45) is 0.614. The fraction of sp³-hybridized carbons (Fsp3) is 0.235. The molecule has 0 radical (unpaired) electrons. The van der Waals surface area contributed by atoms with Gasteiger partial charge in [-0.25, -0.2) is 0 Å². The number of ketones is 1. The second-order valence-electron chi connectivity index (χ2n) is 5.10. The third-order valence-electron chi connectivity index (χ3n) is 3.61. The van der Waals surface area contributed by atoms with Crippen LogP contribution in [-0.4, -0.2) is 12.3 Å². The maximum Gasteiger partial charge on any atom is 0.166 e. The number of hydrogen-bond donors (Lipinski definition) is 0. The van der Waals surface area contributed by atoms with E-state index in [2.05, 4.69) is 36.1 Å². The van der Waals surface area contributed by atoms with Crippen LogP contribution >= 0.6 is 0 Å². The molecule has 0 aliphatic carbocycles. The van der Waals surface area contributed by atoms with Crippen molar-refractivity contribution in [3.8, 4) is 0 Å². The third kappa shape index (κ3) is 2.39. The molecule has 0 atom stereocenters. The molecule has 0 bridgehead atoms. The molecule has 0 amide bonds. The summed E-state index contributed by atoms with van der Waals surface area (Å²) in [5.74, 6) is 0.260. The van der Waals surface area contributed by atoms with E-state index >= 15 is 0 Å². The molecule has 1 heterocycles. The lowest BCUT2D eigenvalue weighted by Gasteiger charge is -2.30. The molecule has 0 saturated heterocycles. The van der Waals surface area contributed by atoms with Gasteiger partial charge >= 0.3 is 0 Å². The van der Waals surface area contributed by atoms with E-state index < -0.39 is 0 Å². The molecule has 1 aliphatic rings. The number of rotatable bonds is 2. The van der Waals surface area contributed by atoms with E-state index in [1.54, 1.807) is 0 Å². The van der Waals surface area contributed by atoms with Crippen molar-refractivity contribution in [1.82, 2.24) is 0 Å². The fourth-order valence-electron chi connectivity index (χ4n) is 2.67. The number of carbonyl (C=O) groups is 1. The van der Waals surface area contributed by atoms with Crippen molar-refractivity contribution < 1.29 is 4.79 Å². The molecule has 2 aromatic rings. The van der Waals surface area contributed by atoms with Crippen LogP contribution in [0.4, 0.5) is 5.69 Å². The van der Waals surface area contributed by atoms with Gasteiger partial charge in [0.05, 0.1) is 0 Å². The lowest BCUT2D eigenvalue weighted by Crippen LogP contribution is -2.31. The van der Waals surface area contributed by atoms with E-state index in [1.165, 1.54) is 11.1 Å². The molecule has 19 heavy (non-hydrogen) atoms. The van der Waals surface area contributed by atoms with E-state index in [1.807, 2.05) is 24.3 Å². The minimum atomic E-state index is 0.260. The smallest absolute Gasteiger partial charge is 0.166 e. The van der Waals surface area contributed by atoms with E-state index in [0.717, 1.165) is 24.3 Å². The SMILES string of the molecule is Cc1cccc(CN2CCC(=O)c3ccccc32)c1. The number of fused-ring (bicyclic) bond motifs is 1. The number of para-hydroxylation sites is 1. The fourth-order valence-corrected chi connectivity index (χ4v) is 2.67. The predicted molar refractivity (Wildman–Crippen MR) is 77.6 cm³/mol. The molecular formula is C17H17NO. The number of Topliss-reactive ketones (excluding diaryl/α,β-unsaturated/α-hetero) is 1. The average molecular weight is 251 g/mol. The highest BCUT2D eigenvalue weighted by atomic mass is 16.1. The Hall–Kier alpha value is -2.09. The Balaban J connectivity index is 1.91. The maximum absolute atomic E-state index is 11.9. The van der Waals surface area contributed by atoms with Crippen LogP contribution < -0.4 is 4.90 Å². The molecule has 96 valence electrons. The van der Waals surface area contributed by atoms with Crippen molar-refractivity contribution in [2.45, 2.75) is 19.9 Å². The zero-order valence-electron chi connectivity index (χ0n) is 11.1. The molecule has 2 aromatic carbocycles. The molecule has 0 N–H and O–H groups in total. The Bertz CT molecular complexity index is 618. The number of carbonyl (C=O) groups excluding carboxylic acids is 1. The van der Waals surface area contributed by atoms with Gasteiger partial charge in [0, 0.05) is 30.8 Å². The molecule has 0 fully saturated rings. The first-order valence-corrected chi connectivity index (χ1v) is 6.67. The summed E-state index contributed by atoms with van der Waals surface area (Å²) in [5, 5.41) is 0. The second kappa shape index (κ2) is 4.88. The molecule has 0 saturated carbocycles. The van der Waals surface area contributed by atoms with E-state index in [0.29, 0.717) is 6.42 Å². The number of benzene rings is 2. The van der Waals surface area contributed by atoms with Crippen molar-refractivity contribution in [3.05, 3.63) is 65.2 Å². The summed E-state index contributed by atoms with van der Waals surface area (Å²) < 4.78 is 0. The summed E-state index contributed by atoms with van der Waals surface area (Å²) >= 11 is 0. The standard InChI is InChI=1S/C17H17NO/c1-13-5-4-6-14(11-13)12-18-10-9-17(19)15-7-2-3-8-16(15)18/h2-8,11H,9-10,12H2,1H3. The number of aryl methyl sites for hydroxylation is 1. The molecule has 0 spiro atoms. The summed E-state index contributed by atoms with van der Waals surface area (Å²) in [6, 6.07) is 16.5. The molecule has 3 rings (SSSR count). The molecule has 2 heteroatoms. The first-order chi connectivity index (χ1) is 9.24. The summed E-state index contributed by atoms with van der Waals surface area (Å²) in [6.45, 7) is 3.78. The van der Waals surface area contributed by atoms with Crippen LogP contribution in [0.5, 0.6) is 0 Å². The van der Waals surface area contributed by atoms with Crippen LogP contribution in [0.15, 0.2) is 48.5 Å². The Morgan fingerprint density at radius 2 is 1.95 bits per heavy atom. The second-order valence-corrected chi connectivity index (χ2v) is 5.10. The predicted octanol–water partition coefficient (Wildman–Crippen LogP) is 3.59. The Morgan fingerprint density at radius 1 is 1.11 bits per heavy atom. The Morgan fingerprint density at radius 3 is 2.79 bits per heavy atom. The largest absolute Gasteiger partial charge is 0.366 e. The van der Waals surface area contributed by atoms with Crippen molar-refractivity contribution in [2.75, 3.05) is 11.4 Å². The number of hydrogen-bond acceptors (Lipinski definition) is 2. The van der Waals surface area contributed by atoms with Gasteiger partial charge in [0.25, 0.3) is 0 Å². The summed E-state index contributed by atoms with van der Waals surface area (Å²) in [4.78, 5) is 14.2. The van der Waals surface area contributed by atoms with Crippen LogP contribution in [0.3, 0.4) is 0 Å². The first-order valence-electron chi connectivity index (χ1n) is 6.67. The third-order valence-corrected chi connectivity index (χ3v) is 3.61. The minimum absolute atomic E-state index is 0.260. The quantitative estimate of drug-likeness (QED) is 0.813. The van der Waals surface area contributed by atoms with E-state index in [4.69, 9.17) is 0 Å². The highest BCUT2D eigenvalue weighted by Gasteiger charge is 2.22. The first kappa shape index (κ1) is 12.0. The van der Waals surface area contributed by atoms with Gasteiger partial charge in [-0.05, 0) is 24.6 Å². The molecule has 0 aromatic heterocycles. The van der Waals surface area contributed by atoms with Crippen molar-refractivity contribution in [2.24, 2.45) is 0 Å². The topological polar surface area (TPSA) is 20.3 Å². The van der Waals surface area contributed by atoms with Crippen LogP contribution in [0.25, 0.3) is 0 Å². The normalized spacial score (nSPS) is 14.4. The van der Waals surface area contributed by atoms with Crippen LogP contribution in [-0.2, 0) is 6.54 Å². The number of anilines is 1. The van der Waals surface area contributed by atoms with Gasteiger partial charge in [-0.2, -0.15) is 0 Å². The Kier molecular flexibility index (Phi) is 3.08. The number of nitrogens with zero attached hydrogens (tertiary/aromatic N) is 1. The van der Waals surface area contributed by atoms with Gasteiger partial charge < -0.3 is 4.90 Å². The van der Waals surface area contributed by atoms with Crippen LogP contribution in [0, 0.1) is 6.92 Å². The Labute approximate surface area is 113 Å². The molecular weight excluding hydrogens is 234 g/mol. The average Bonchev–Trinajstić information content (AvgIpc) is 2.42. The highest BCUT2D eigenvalue weighted by molar-refractivity contribution is 6.03. The monoisotopic (exact) mass is 251 g/mol. The highest BCUT2D eigenvalue weighted by Crippen LogP contribution is 2.28. The van der Waals surface area contributed by atoms with Gasteiger partial charge in [0.15, 0.2) is 5.78 Å². The van der Waals surface area contributed by atoms with Crippen LogP contribution in [0.1, 0.15) is 27.9 Å². The van der Waals surface area contributed by atoms with Gasteiger partial charge in [0.1, 0.15) is 0 Å². The maximum atomic E-state index is 11.9. The zero-order chi connectivity index (χ0) is 13.2. The summed E-state index contributed by atoms with van der Waals surface area (Å²) in [7, 11) is 0. The van der Waals surface area contributed by atoms with Crippen LogP contribution in [0.2, 0.25) is 0 Å². The minimum Gasteiger partial charge on any atom is -0.366 e. The van der Waals surface area contributed by atoms with Crippen molar-refractivity contribution >= 4 is 11.5 Å². The van der Waals surface area contributed by atoms with Crippen molar-refractivity contribution in [3.63, 3.8) is 0 Å². The van der Waals surface area contributed by atoms with Gasteiger partial charge in [-0.1, -0.05) is 42.0 Å². The lowest BCUT2D eigenvalue weighted by molar-refractivity contribution is 0.0979. The molecule has 0 unspecified atom stereocenters. The molecule has 2 nitrogen and oxygen atoms in total. The molecule has 1 aliphatic heterocycles. The summed E-state index contributed by atoms with van der Waals surface area (Å²) in [5.41, 5.74) is 4.50. The van der Waals surface area contributed by atoms with E-state index in [9.17, 15) is 4.79 Å². The van der Waals surface area contributed by atoms with Crippen molar-refractivity contribution in [1.29, 1.82) is 0 Å². The van der Waals surface area contributed by atoms with Gasteiger partial charge in [0.2, 0.25) is 0 Å². The van der Waals surface area contributed by atoms with E-state index in [-0.39, 0.29) is 5.78 Å².